The van der Waals surface area contributed by atoms with Gasteiger partial charge in [0, 0.05) is 24.0 Å². The van der Waals surface area contributed by atoms with E-state index in [0.717, 1.165) is 12.1 Å². The maximum atomic E-state index is 12.4. The van der Waals surface area contributed by atoms with Crippen LogP contribution in [0.3, 0.4) is 0 Å². The largest absolute Gasteiger partial charge is 0.354 e. The smallest absolute Gasteiger partial charge is 0.252 e. The topological polar surface area (TPSA) is 71.1 Å². The molecular formula is C22H21N3O2. The van der Waals surface area contributed by atoms with E-state index in [9.17, 15) is 9.59 Å². The summed E-state index contributed by atoms with van der Waals surface area (Å²) in [6, 6.07) is 19.0. The molecule has 0 atom stereocenters. The number of Topliss-reactive ketones (excluding diaryl/α,β-unsaturated/α-hetero) is 1. The van der Waals surface area contributed by atoms with Crippen LogP contribution in [0.25, 0.3) is 0 Å². The summed E-state index contributed by atoms with van der Waals surface area (Å²) in [5.74, 6) is -0.164. The Bertz CT molecular complexity index is 939. The molecule has 0 radical (unpaired) electrons. The molecule has 1 heterocycles. The van der Waals surface area contributed by atoms with E-state index >= 15 is 0 Å². The summed E-state index contributed by atoms with van der Waals surface area (Å²) in [4.78, 5) is 28.0. The number of aromatic nitrogens is 1. The molecule has 136 valence electrons. The van der Waals surface area contributed by atoms with Gasteiger partial charge >= 0.3 is 0 Å². The van der Waals surface area contributed by atoms with Crippen molar-refractivity contribution >= 4 is 23.1 Å². The zero-order valence-corrected chi connectivity index (χ0v) is 15.1. The zero-order chi connectivity index (χ0) is 19.1. The summed E-state index contributed by atoms with van der Waals surface area (Å²) >= 11 is 0. The van der Waals surface area contributed by atoms with Crippen molar-refractivity contribution in [2.24, 2.45) is 0 Å². The fourth-order valence-electron chi connectivity index (χ4n) is 2.68. The van der Waals surface area contributed by atoms with E-state index in [4.69, 9.17) is 0 Å². The molecule has 0 fully saturated rings. The average molecular weight is 359 g/mol. The first-order valence-electron chi connectivity index (χ1n) is 8.77. The predicted molar refractivity (Wildman–Crippen MR) is 106 cm³/mol. The Morgan fingerprint density at radius 2 is 1.67 bits per heavy atom. The Balaban J connectivity index is 1.62. The molecule has 0 aliphatic rings. The zero-order valence-electron chi connectivity index (χ0n) is 15.1. The second-order valence-corrected chi connectivity index (χ2v) is 6.22. The second kappa shape index (κ2) is 8.76. The molecule has 1 aromatic heterocycles. The summed E-state index contributed by atoms with van der Waals surface area (Å²) in [7, 11) is 0. The highest BCUT2D eigenvalue weighted by atomic mass is 16.1. The van der Waals surface area contributed by atoms with Gasteiger partial charge in [0.05, 0.1) is 17.4 Å². The number of ketones is 1. The van der Waals surface area contributed by atoms with E-state index in [-0.39, 0.29) is 11.7 Å². The molecule has 0 aliphatic heterocycles. The first-order valence-corrected chi connectivity index (χ1v) is 8.77. The highest BCUT2D eigenvalue weighted by molar-refractivity contribution is 5.96. The molecule has 0 bridgehead atoms. The van der Waals surface area contributed by atoms with Gasteiger partial charge in [-0.15, -0.1) is 0 Å². The van der Waals surface area contributed by atoms with Gasteiger partial charge in [-0.05, 0) is 37.1 Å². The number of carbonyl (C=O) groups is 2. The van der Waals surface area contributed by atoms with Crippen LogP contribution in [-0.2, 0) is 6.42 Å². The highest BCUT2D eigenvalue weighted by Crippen LogP contribution is 2.18. The fraction of sp³-hybridized carbons (Fsp3) is 0.136. The lowest BCUT2D eigenvalue weighted by atomic mass is 10.1. The van der Waals surface area contributed by atoms with Gasteiger partial charge in [-0.25, -0.2) is 0 Å². The van der Waals surface area contributed by atoms with E-state index in [2.05, 4.69) is 15.6 Å². The van der Waals surface area contributed by atoms with Crippen LogP contribution in [0.15, 0.2) is 73.1 Å². The van der Waals surface area contributed by atoms with E-state index < -0.39 is 0 Å². The lowest BCUT2D eigenvalue weighted by molar-refractivity contribution is 0.0952. The minimum absolute atomic E-state index is 0.00307. The summed E-state index contributed by atoms with van der Waals surface area (Å²) in [6.07, 6.45) is 3.95. The number of rotatable bonds is 7. The normalized spacial score (nSPS) is 10.3. The molecule has 5 heteroatoms. The van der Waals surface area contributed by atoms with Crippen molar-refractivity contribution in [3.8, 4) is 0 Å². The quantitative estimate of drug-likeness (QED) is 0.626. The fourth-order valence-corrected chi connectivity index (χ4v) is 2.68. The molecule has 1 amide bonds. The van der Waals surface area contributed by atoms with Gasteiger partial charge in [-0.1, -0.05) is 42.5 Å². The third-order valence-corrected chi connectivity index (χ3v) is 4.10. The first-order chi connectivity index (χ1) is 13.1. The monoisotopic (exact) mass is 359 g/mol. The number of nitrogens with zero attached hydrogens (tertiary/aromatic N) is 1. The first kappa shape index (κ1) is 18.3. The van der Waals surface area contributed by atoms with Crippen molar-refractivity contribution in [2.75, 3.05) is 11.9 Å². The number of hydrogen-bond acceptors (Lipinski definition) is 4. The van der Waals surface area contributed by atoms with Gasteiger partial charge in [-0.2, -0.15) is 0 Å². The van der Waals surface area contributed by atoms with Crippen LogP contribution in [0.2, 0.25) is 0 Å². The van der Waals surface area contributed by atoms with Crippen molar-refractivity contribution in [2.45, 2.75) is 13.3 Å². The number of pyridine rings is 1. The summed E-state index contributed by atoms with van der Waals surface area (Å²) in [5, 5.41) is 6.09. The standard InChI is InChI=1S/C22H21N3O2/c1-16(26)18-8-5-9-20(12-18)25-21-13-19(14-23-15-21)22(27)24-11-10-17-6-3-2-4-7-17/h2-9,12-15,25H,10-11H2,1H3,(H,24,27). The van der Waals surface area contributed by atoms with Crippen molar-refractivity contribution in [3.05, 3.63) is 89.7 Å². The number of amides is 1. The Hall–Kier alpha value is -3.47. The lowest BCUT2D eigenvalue weighted by Crippen LogP contribution is -2.25. The van der Waals surface area contributed by atoms with E-state index in [0.29, 0.717) is 23.4 Å². The van der Waals surface area contributed by atoms with Crippen molar-refractivity contribution in [3.63, 3.8) is 0 Å². The summed E-state index contributed by atoms with van der Waals surface area (Å²) in [5.41, 5.74) is 3.74. The van der Waals surface area contributed by atoms with Gasteiger partial charge in [-0.3, -0.25) is 14.6 Å². The molecule has 27 heavy (non-hydrogen) atoms. The molecule has 0 aliphatic carbocycles. The number of anilines is 2. The van der Waals surface area contributed by atoms with Gasteiger partial charge in [0.2, 0.25) is 0 Å². The minimum Gasteiger partial charge on any atom is -0.354 e. The maximum absolute atomic E-state index is 12.4. The van der Waals surface area contributed by atoms with Crippen LogP contribution in [-0.4, -0.2) is 23.2 Å². The molecule has 2 N–H and O–H groups in total. The third kappa shape index (κ3) is 5.25. The molecule has 0 saturated carbocycles. The Labute approximate surface area is 158 Å². The third-order valence-electron chi connectivity index (χ3n) is 4.10. The van der Waals surface area contributed by atoms with Crippen molar-refractivity contribution < 1.29 is 9.59 Å². The summed E-state index contributed by atoms with van der Waals surface area (Å²) in [6.45, 7) is 2.09. The maximum Gasteiger partial charge on any atom is 0.252 e. The molecule has 3 aromatic rings. The highest BCUT2D eigenvalue weighted by Gasteiger charge is 2.07. The number of hydrogen-bond donors (Lipinski definition) is 2. The molecule has 2 aromatic carbocycles. The van der Waals surface area contributed by atoms with E-state index in [1.807, 2.05) is 42.5 Å². The lowest BCUT2D eigenvalue weighted by Gasteiger charge is -2.09. The van der Waals surface area contributed by atoms with Crippen LogP contribution < -0.4 is 10.6 Å². The Morgan fingerprint density at radius 1 is 0.889 bits per heavy atom. The average Bonchev–Trinajstić information content (AvgIpc) is 2.69. The van der Waals surface area contributed by atoms with Crippen LogP contribution in [0.1, 0.15) is 33.2 Å². The second-order valence-electron chi connectivity index (χ2n) is 6.22. The van der Waals surface area contributed by atoms with Crippen molar-refractivity contribution in [1.29, 1.82) is 0 Å². The minimum atomic E-state index is -0.167. The van der Waals surface area contributed by atoms with Gasteiger partial charge in [0.1, 0.15) is 0 Å². The number of nitrogens with one attached hydrogen (secondary N) is 2. The van der Waals surface area contributed by atoms with E-state index in [1.165, 1.54) is 18.7 Å². The molecule has 0 unspecified atom stereocenters. The Morgan fingerprint density at radius 3 is 2.44 bits per heavy atom. The SMILES string of the molecule is CC(=O)c1cccc(Nc2cncc(C(=O)NCCc3ccccc3)c2)c1. The predicted octanol–water partition coefficient (Wildman–Crippen LogP) is 4.00. The Kier molecular flexibility index (Phi) is 5.94. The molecule has 5 nitrogen and oxygen atoms in total. The van der Waals surface area contributed by atoms with Crippen LogP contribution in [0, 0.1) is 0 Å². The molecule has 3 rings (SSSR count). The summed E-state index contributed by atoms with van der Waals surface area (Å²) < 4.78 is 0. The van der Waals surface area contributed by atoms with Crippen molar-refractivity contribution in [1.82, 2.24) is 10.3 Å². The van der Waals surface area contributed by atoms with Gasteiger partial charge in [0.15, 0.2) is 5.78 Å². The molecule has 0 saturated heterocycles. The molecular weight excluding hydrogens is 338 g/mol. The van der Waals surface area contributed by atoms with E-state index in [1.54, 1.807) is 24.4 Å². The van der Waals surface area contributed by atoms with Gasteiger partial charge in [0.25, 0.3) is 5.91 Å². The van der Waals surface area contributed by atoms with Crippen LogP contribution in [0.4, 0.5) is 11.4 Å². The number of benzene rings is 2. The molecule has 0 spiro atoms. The number of carbonyl (C=O) groups excluding carboxylic acids is 2. The van der Waals surface area contributed by atoms with Crippen LogP contribution in [0.5, 0.6) is 0 Å². The van der Waals surface area contributed by atoms with Crippen LogP contribution >= 0.6 is 0 Å². The van der Waals surface area contributed by atoms with Gasteiger partial charge < -0.3 is 10.6 Å².